The highest BCUT2D eigenvalue weighted by Crippen LogP contribution is 2.46. The number of aromatic nitrogens is 1. The van der Waals surface area contributed by atoms with Gasteiger partial charge < -0.3 is 14.8 Å². The van der Waals surface area contributed by atoms with Gasteiger partial charge in [0.05, 0.1) is 17.4 Å². The number of unbranched alkanes of at least 4 members (excludes halogenated alkanes) is 3. The smallest absolute Gasteiger partial charge is 0.0983 e. The summed E-state index contributed by atoms with van der Waals surface area (Å²) in [6, 6.07) is 7.58. The Kier molecular flexibility index (Phi) is 5.92. The number of likely N-dealkylation sites (N-methyl/N-ethyl adjacent to an activating group) is 1. The molecule has 2 aromatic rings. The van der Waals surface area contributed by atoms with Gasteiger partial charge in [0, 0.05) is 36.6 Å². The number of fused-ring (bicyclic) bond motifs is 6. The van der Waals surface area contributed by atoms with Crippen molar-refractivity contribution in [3.63, 3.8) is 0 Å². The van der Waals surface area contributed by atoms with Crippen molar-refractivity contribution in [3.05, 3.63) is 64.6 Å². The first-order valence-corrected chi connectivity index (χ1v) is 12.9. The van der Waals surface area contributed by atoms with Crippen LogP contribution < -0.4 is 5.32 Å². The standard InChI is InChI=1S/C29H39N3/c1-5-8-9-10-17-30-27-19-22-12-14-24-23-13-11-21-18-20(4)31(6-2)28(21)25(23)15-16-26(24)29(22)32(27)7-3/h11-14,18-19,22,29-30H,5-10,15-17H2,1-4H3. The van der Waals surface area contributed by atoms with E-state index in [-0.39, 0.29) is 0 Å². The summed E-state index contributed by atoms with van der Waals surface area (Å²) in [5, 5.41) is 5.18. The average Bonchev–Trinajstić information content (AvgIpc) is 3.34. The number of benzene rings is 1. The predicted molar refractivity (Wildman–Crippen MR) is 137 cm³/mol. The summed E-state index contributed by atoms with van der Waals surface area (Å²) in [6.45, 7) is 12.3. The minimum absolute atomic E-state index is 0.488. The van der Waals surface area contributed by atoms with Crippen LogP contribution in [0.25, 0.3) is 16.5 Å². The molecule has 2 unspecified atom stereocenters. The molecule has 1 aromatic carbocycles. The summed E-state index contributed by atoms with van der Waals surface area (Å²) >= 11 is 0. The monoisotopic (exact) mass is 429 g/mol. The van der Waals surface area contributed by atoms with Gasteiger partial charge in [0.1, 0.15) is 0 Å². The van der Waals surface area contributed by atoms with E-state index in [1.807, 2.05) is 0 Å². The number of rotatable bonds is 8. The second kappa shape index (κ2) is 8.84. The third-order valence-corrected chi connectivity index (χ3v) is 7.85. The van der Waals surface area contributed by atoms with E-state index in [2.05, 4.69) is 78.9 Å². The molecule has 5 rings (SSSR count). The van der Waals surface area contributed by atoms with E-state index in [0.29, 0.717) is 12.0 Å². The summed E-state index contributed by atoms with van der Waals surface area (Å²) in [6.07, 6.45) is 14.9. The van der Waals surface area contributed by atoms with E-state index in [1.54, 1.807) is 11.1 Å². The third-order valence-electron chi connectivity index (χ3n) is 7.85. The van der Waals surface area contributed by atoms with Gasteiger partial charge in [0.15, 0.2) is 0 Å². The van der Waals surface area contributed by atoms with Crippen molar-refractivity contribution >= 4 is 16.5 Å². The topological polar surface area (TPSA) is 20.2 Å². The van der Waals surface area contributed by atoms with Gasteiger partial charge in [-0.3, -0.25) is 0 Å². The van der Waals surface area contributed by atoms with E-state index < -0.39 is 0 Å². The Morgan fingerprint density at radius 2 is 1.91 bits per heavy atom. The summed E-state index contributed by atoms with van der Waals surface area (Å²) < 4.78 is 2.51. The first-order valence-electron chi connectivity index (χ1n) is 12.9. The van der Waals surface area contributed by atoms with Gasteiger partial charge in [-0.15, -0.1) is 0 Å². The van der Waals surface area contributed by atoms with E-state index in [0.717, 1.165) is 26.1 Å². The second-order valence-electron chi connectivity index (χ2n) is 9.71. The van der Waals surface area contributed by atoms with Crippen LogP contribution in [0.4, 0.5) is 0 Å². The van der Waals surface area contributed by atoms with Crippen LogP contribution in [0.5, 0.6) is 0 Å². The van der Waals surface area contributed by atoms with Gasteiger partial charge in [0.25, 0.3) is 0 Å². The van der Waals surface area contributed by atoms with Crippen LogP contribution in [0.1, 0.15) is 69.7 Å². The molecule has 32 heavy (non-hydrogen) atoms. The molecule has 0 spiro atoms. The fourth-order valence-corrected chi connectivity index (χ4v) is 6.36. The Balaban J connectivity index is 1.46. The van der Waals surface area contributed by atoms with Gasteiger partial charge in [0.2, 0.25) is 0 Å². The van der Waals surface area contributed by atoms with Crippen molar-refractivity contribution in [1.82, 2.24) is 14.8 Å². The molecular formula is C29H39N3. The van der Waals surface area contributed by atoms with Gasteiger partial charge >= 0.3 is 0 Å². The van der Waals surface area contributed by atoms with Crippen LogP contribution >= 0.6 is 0 Å². The van der Waals surface area contributed by atoms with Gasteiger partial charge in [-0.25, -0.2) is 0 Å². The number of nitrogens with zero attached hydrogens (tertiary/aromatic N) is 2. The van der Waals surface area contributed by atoms with E-state index in [1.165, 1.54) is 65.7 Å². The molecule has 0 bridgehead atoms. The molecule has 0 saturated heterocycles. The quantitative estimate of drug-likeness (QED) is 0.479. The minimum Gasteiger partial charge on any atom is -0.372 e. The SMILES string of the molecule is CCCCCCNC1=CC2C=CC3=C(CCc4c3ccc3cc(C)n(CC)c43)C2N1CC. The molecule has 1 aliphatic heterocycles. The van der Waals surface area contributed by atoms with Crippen molar-refractivity contribution in [2.75, 3.05) is 13.1 Å². The Morgan fingerprint density at radius 3 is 2.69 bits per heavy atom. The first kappa shape index (κ1) is 21.4. The maximum atomic E-state index is 3.78. The lowest BCUT2D eigenvalue weighted by atomic mass is 9.75. The van der Waals surface area contributed by atoms with Gasteiger partial charge in [-0.05, 0) is 74.4 Å². The molecule has 0 fully saturated rings. The lowest BCUT2D eigenvalue weighted by molar-refractivity contribution is 0.277. The molecule has 0 amide bonds. The Bertz CT molecular complexity index is 1100. The summed E-state index contributed by atoms with van der Waals surface area (Å²) in [5.41, 5.74) is 9.02. The molecule has 1 aromatic heterocycles. The average molecular weight is 430 g/mol. The Labute approximate surface area is 193 Å². The van der Waals surface area contributed by atoms with E-state index in [9.17, 15) is 0 Å². The maximum absolute atomic E-state index is 3.78. The molecule has 3 heteroatoms. The molecule has 170 valence electrons. The largest absolute Gasteiger partial charge is 0.372 e. The molecule has 1 N–H and O–H groups in total. The van der Waals surface area contributed by atoms with Crippen LogP contribution in [-0.2, 0) is 13.0 Å². The number of hydrogen-bond donors (Lipinski definition) is 1. The molecule has 0 saturated carbocycles. The van der Waals surface area contributed by atoms with E-state index in [4.69, 9.17) is 0 Å². The van der Waals surface area contributed by atoms with Crippen LogP contribution in [0.3, 0.4) is 0 Å². The van der Waals surface area contributed by atoms with Crippen LogP contribution in [-0.4, -0.2) is 28.6 Å². The maximum Gasteiger partial charge on any atom is 0.0983 e. The van der Waals surface area contributed by atoms with Gasteiger partial charge in [-0.2, -0.15) is 0 Å². The zero-order valence-corrected chi connectivity index (χ0v) is 20.4. The van der Waals surface area contributed by atoms with Crippen LogP contribution in [0.15, 0.2) is 47.8 Å². The number of aryl methyl sites for hydroxylation is 3. The Hall–Kier alpha value is -2.42. The summed E-state index contributed by atoms with van der Waals surface area (Å²) in [4.78, 5) is 2.63. The highest BCUT2D eigenvalue weighted by molar-refractivity contribution is 5.93. The first-order chi connectivity index (χ1) is 15.7. The fraction of sp³-hybridized carbons (Fsp3) is 0.517. The normalized spacial score (nSPS) is 21.6. The van der Waals surface area contributed by atoms with Gasteiger partial charge in [-0.1, -0.05) is 50.5 Å². The van der Waals surface area contributed by atoms with Crippen molar-refractivity contribution in [2.45, 2.75) is 78.8 Å². The van der Waals surface area contributed by atoms with E-state index >= 15 is 0 Å². The molecular weight excluding hydrogens is 390 g/mol. The second-order valence-corrected chi connectivity index (χ2v) is 9.71. The molecule has 0 radical (unpaired) electrons. The molecule has 2 heterocycles. The van der Waals surface area contributed by atoms with Crippen molar-refractivity contribution < 1.29 is 0 Å². The molecule has 2 atom stereocenters. The minimum atomic E-state index is 0.488. The number of hydrogen-bond acceptors (Lipinski definition) is 2. The molecule has 3 nitrogen and oxygen atoms in total. The number of allylic oxidation sites excluding steroid dienone is 2. The lowest BCUT2D eigenvalue weighted by Crippen LogP contribution is -2.40. The third kappa shape index (κ3) is 3.41. The zero-order chi connectivity index (χ0) is 22.2. The number of nitrogens with one attached hydrogen (secondary N) is 1. The van der Waals surface area contributed by atoms with Crippen molar-refractivity contribution in [3.8, 4) is 0 Å². The van der Waals surface area contributed by atoms with Crippen LogP contribution in [0, 0.1) is 12.8 Å². The zero-order valence-electron chi connectivity index (χ0n) is 20.4. The summed E-state index contributed by atoms with van der Waals surface area (Å²) in [7, 11) is 0. The highest BCUT2D eigenvalue weighted by Gasteiger charge is 2.39. The predicted octanol–water partition coefficient (Wildman–Crippen LogP) is 6.57. The lowest BCUT2D eigenvalue weighted by Gasteiger charge is -2.38. The Morgan fingerprint density at radius 1 is 1.03 bits per heavy atom. The van der Waals surface area contributed by atoms with Crippen molar-refractivity contribution in [1.29, 1.82) is 0 Å². The summed E-state index contributed by atoms with van der Waals surface area (Å²) in [5.74, 6) is 1.85. The van der Waals surface area contributed by atoms with Crippen LogP contribution in [0.2, 0.25) is 0 Å². The van der Waals surface area contributed by atoms with Crippen molar-refractivity contribution in [2.24, 2.45) is 5.92 Å². The molecule has 2 aliphatic carbocycles. The molecule has 3 aliphatic rings. The fourth-order valence-electron chi connectivity index (χ4n) is 6.36. The highest BCUT2D eigenvalue weighted by atomic mass is 15.3.